The Labute approximate surface area is 176 Å². The van der Waals surface area contributed by atoms with Gasteiger partial charge >= 0.3 is 0 Å². The molecule has 0 fully saturated rings. The number of carbonyl (C=O) groups is 1. The molecule has 4 nitrogen and oxygen atoms in total. The maximum absolute atomic E-state index is 13.4. The molecule has 5 rings (SSSR count). The number of aromatic nitrogens is 1. The van der Waals surface area contributed by atoms with Gasteiger partial charge in [0.05, 0.1) is 16.3 Å². The molecule has 0 saturated carbocycles. The van der Waals surface area contributed by atoms with E-state index in [-0.39, 0.29) is 11.3 Å². The zero-order chi connectivity index (χ0) is 20.0. The maximum atomic E-state index is 13.4. The molecule has 0 N–H and O–H groups in total. The molecule has 6 heteroatoms. The Morgan fingerprint density at radius 2 is 1.79 bits per heavy atom. The van der Waals surface area contributed by atoms with Gasteiger partial charge in [-0.3, -0.25) is 14.2 Å². The molecule has 0 radical (unpaired) electrons. The lowest BCUT2D eigenvalue weighted by molar-refractivity contribution is -0.116. The van der Waals surface area contributed by atoms with Gasteiger partial charge in [-0.05, 0) is 42.2 Å². The SMILES string of the molecule is O=C1CCCC2=C1C(c1ccccc1)n1c(s/c(=C/c3ccc(Cl)cc3)c1=O)=N2. The number of allylic oxidation sites excluding steroid dienone is 2. The van der Waals surface area contributed by atoms with Crippen molar-refractivity contribution < 1.29 is 4.79 Å². The summed E-state index contributed by atoms with van der Waals surface area (Å²) in [6, 6.07) is 16.7. The summed E-state index contributed by atoms with van der Waals surface area (Å²) >= 11 is 7.34. The number of benzene rings is 2. The molecule has 1 atom stereocenters. The van der Waals surface area contributed by atoms with Crippen LogP contribution in [-0.2, 0) is 4.79 Å². The number of hydrogen-bond donors (Lipinski definition) is 0. The maximum Gasteiger partial charge on any atom is 0.271 e. The summed E-state index contributed by atoms with van der Waals surface area (Å²) in [7, 11) is 0. The lowest BCUT2D eigenvalue weighted by Gasteiger charge is -2.28. The van der Waals surface area contributed by atoms with Crippen molar-refractivity contribution in [2.24, 2.45) is 4.99 Å². The summed E-state index contributed by atoms with van der Waals surface area (Å²) in [5.74, 6) is 0.0934. The van der Waals surface area contributed by atoms with Crippen LogP contribution in [0.3, 0.4) is 0 Å². The molecule has 0 amide bonds. The molecular formula is C23H17ClN2O2S. The second-order valence-electron chi connectivity index (χ2n) is 7.18. The van der Waals surface area contributed by atoms with E-state index in [2.05, 4.69) is 0 Å². The number of Topliss-reactive ketones (excluding diaryl/α,β-unsaturated/α-hetero) is 1. The van der Waals surface area contributed by atoms with Crippen molar-refractivity contribution in [3.8, 4) is 0 Å². The minimum Gasteiger partial charge on any atom is -0.294 e. The Kier molecular flexibility index (Phi) is 4.57. The van der Waals surface area contributed by atoms with E-state index in [9.17, 15) is 9.59 Å². The monoisotopic (exact) mass is 420 g/mol. The summed E-state index contributed by atoms with van der Waals surface area (Å²) in [4.78, 5) is 31.6. The number of fused-ring (bicyclic) bond motifs is 1. The second kappa shape index (κ2) is 7.25. The third kappa shape index (κ3) is 3.20. The molecule has 0 bridgehead atoms. The van der Waals surface area contributed by atoms with E-state index in [0.29, 0.717) is 26.4 Å². The van der Waals surface area contributed by atoms with E-state index in [1.54, 1.807) is 16.7 Å². The van der Waals surface area contributed by atoms with Gasteiger partial charge in [0.2, 0.25) is 0 Å². The third-order valence-electron chi connectivity index (χ3n) is 5.31. The number of nitrogens with zero attached hydrogens (tertiary/aromatic N) is 2. The predicted octanol–water partition coefficient (Wildman–Crippen LogP) is 3.62. The average molecular weight is 421 g/mol. The van der Waals surface area contributed by atoms with Gasteiger partial charge in [-0.15, -0.1) is 0 Å². The third-order valence-corrected chi connectivity index (χ3v) is 6.55. The fraction of sp³-hybridized carbons (Fsp3) is 0.174. The molecule has 0 spiro atoms. The van der Waals surface area contributed by atoms with Crippen molar-refractivity contribution in [1.82, 2.24) is 4.57 Å². The number of halogens is 1. The van der Waals surface area contributed by atoms with Crippen LogP contribution in [0, 0.1) is 0 Å². The number of hydrogen-bond acceptors (Lipinski definition) is 4. The summed E-state index contributed by atoms with van der Waals surface area (Å²) in [6.07, 6.45) is 3.94. The predicted molar refractivity (Wildman–Crippen MR) is 115 cm³/mol. The number of ketones is 1. The van der Waals surface area contributed by atoms with Gasteiger partial charge in [-0.2, -0.15) is 0 Å². The quantitative estimate of drug-likeness (QED) is 0.635. The highest BCUT2D eigenvalue weighted by atomic mass is 35.5. The fourth-order valence-corrected chi connectivity index (χ4v) is 5.12. The Morgan fingerprint density at radius 1 is 1.03 bits per heavy atom. The van der Waals surface area contributed by atoms with Gasteiger partial charge < -0.3 is 0 Å². The molecule has 2 heterocycles. The van der Waals surface area contributed by atoms with E-state index >= 15 is 0 Å². The van der Waals surface area contributed by atoms with Crippen LogP contribution in [0.5, 0.6) is 0 Å². The van der Waals surface area contributed by atoms with Crippen LogP contribution in [-0.4, -0.2) is 10.4 Å². The Hall–Kier alpha value is -2.76. The zero-order valence-electron chi connectivity index (χ0n) is 15.5. The van der Waals surface area contributed by atoms with Crippen LogP contribution in [0.15, 0.2) is 75.7 Å². The molecule has 29 heavy (non-hydrogen) atoms. The molecule has 2 aliphatic rings. The Bertz CT molecular complexity index is 1320. The lowest BCUT2D eigenvalue weighted by Crippen LogP contribution is -2.40. The van der Waals surface area contributed by atoms with Crippen LogP contribution in [0.2, 0.25) is 5.02 Å². The number of thiazole rings is 1. The summed E-state index contributed by atoms with van der Waals surface area (Å²) in [5, 5.41) is 0.652. The molecule has 2 aromatic carbocycles. The minimum atomic E-state index is -0.414. The highest BCUT2D eigenvalue weighted by Gasteiger charge is 2.34. The smallest absolute Gasteiger partial charge is 0.271 e. The van der Waals surface area contributed by atoms with Crippen LogP contribution in [0.25, 0.3) is 6.08 Å². The Morgan fingerprint density at radius 3 is 2.55 bits per heavy atom. The van der Waals surface area contributed by atoms with Crippen LogP contribution in [0.1, 0.15) is 36.4 Å². The van der Waals surface area contributed by atoms with Crippen LogP contribution in [0.4, 0.5) is 0 Å². The molecule has 1 aromatic heterocycles. The van der Waals surface area contributed by atoms with Crippen molar-refractivity contribution in [2.45, 2.75) is 25.3 Å². The van der Waals surface area contributed by atoms with Crippen LogP contribution >= 0.6 is 22.9 Å². The number of carbonyl (C=O) groups excluding carboxylic acids is 1. The first kappa shape index (κ1) is 18.3. The van der Waals surface area contributed by atoms with Gasteiger partial charge in [-0.1, -0.05) is 65.4 Å². The van der Waals surface area contributed by atoms with Crippen molar-refractivity contribution in [1.29, 1.82) is 0 Å². The van der Waals surface area contributed by atoms with E-state index in [1.807, 2.05) is 48.5 Å². The molecule has 144 valence electrons. The van der Waals surface area contributed by atoms with E-state index in [0.717, 1.165) is 29.7 Å². The molecule has 0 saturated heterocycles. The second-order valence-corrected chi connectivity index (χ2v) is 8.63. The fourth-order valence-electron chi connectivity index (χ4n) is 3.97. The Balaban J connectivity index is 1.76. The first-order valence-corrected chi connectivity index (χ1v) is 10.7. The molecule has 1 unspecified atom stereocenters. The van der Waals surface area contributed by atoms with E-state index in [1.165, 1.54) is 11.3 Å². The normalized spacial score (nSPS) is 19.0. The van der Waals surface area contributed by atoms with Crippen molar-refractivity contribution in [2.75, 3.05) is 0 Å². The van der Waals surface area contributed by atoms with Gasteiger partial charge in [0.15, 0.2) is 10.6 Å². The van der Waals surface area contributed by atoms with E-state index < -0.39 is 6.04 Å². The summed E-state index contributed by atoms with van der Waals surface area (Å²) in [5.41, 5.74) is 3.21. The minimum absolute atomic E-state index is 0.0934. The highest BCUT2D eigenvalue weighted by molar-refractivity contribution is 7.07. The van der Waals surface area contributed by atoms with Crippen molar-refractivity contribution in [3.05, 3.63) is 102 Å². The van der Waals surface area contributed by atoms with Crippen molar-refractivity contribution >= 4 is 34.8 Å². The van der Waals surface area contributed by atoms with Crippen molar-refractivity contribution in [3.63, 3.8) is 0 Å². The molecule has 1 aliphatic heterocycles. The summed E-state index contributed by atoms with van der Waals surface area (Å²) in [6.45, 7) is 0. The topological polar surface area (TPSA) is 51.4 Å². The largest absolute Gasteiger partial charge is 0.294 e. The lowest BCUT2D eigenvalue weighted by atomic mass is 9.86. The first-order valence-electron chi connectivity index (χ1n) is 9.50. The van der Waals surface area contributed by atoms with Crippen LogP contribution < -0.4 is 14.9 Å². The highest BCUT2D eigenvalue weighted by Crippen LogP contribution is 2.35. The van der Waals surface area contributed by atoms with Gasteiger partial charge in [0.1, 0.15) is 0 Å². The molecular weight excluding hydrogens is 404 g/mol. The zero-order valence-corrected chi connectivity index (χ0v) is 17.0. The molecule has 3 aromatic rings. The number of rotatable bonds is 2. The van der Waals surface area contributed by atoms with Gasteiger partial charge in [0, 0.05) is 17.0 Å². The summed E-state index contributed by atoms with van der Waals surface area (Å²) < 4.78 is 2.28. The first-order chi connectivity index (χ1) is 14.1. The molecule has 1 aliphatic carbocycles. The average Bonchev–Trinajstić information content (AvgIpc) is 3.04. The van der Waals surface area contributed by atoms with Gasteiger partial charge in [0.25, 0.3) is 5.56 Å². The van der Waals surface area contributed by atoms with E-state index in [4.69, 9.17) is 16.6 Å². The van der Waals surface area contributed by atoms with Gasteiger partial charge in [-0.25, -0.2) is 4.99 Å². The standard InChI is InChI=1S/C23H17ClN2O2S/c24-16-11-9-14(10-12-16)13-19-22(28)26-21(15-5-2-1-3-6-15)20-17(25-23(26)29-19)7-4-8-18(20)27/h1-3,5-6,9-13,21H,4,7-8H2/b19-13+.